The van der Waals surface area contributed by atoms with Gasteiger partial charge in [-0.3, -0.25) is 9.89 Å². The van der Waals surface area contributed by atoms with E-state index in [1.54, 1.807) is 28.4 Å². The van der Waals surface area contributed by atoms with Gasteiger partial charge in [0.15, 0.2) is 17.5 Å². The number of nitrogens with one attached hydrogen (secondary N) is 2. The molecule has 0 amide bonds. The molecule has 2 aromatic carbocycles. The van der Waals surface area contributed by atoms with Crippen LogP contribution in [0.5, 0.6) is 17.2 Å². The first kappa shape index (κ1) is 27.0. The average Bonchev–Trinajstić information content (AvgIpc) is 2.83. The van der Waals surface area contributed by atoms with Gasteiger partial charge >= 0.3 is 0 Å². The maximum Gasteiger partial charge on any atom is 0.203 e. The molecule has 1 heterocycles. The van der Waals surface area contributed by atoms with Crippen molar-refractivity contribution in [1.82, 2.24) is 15.5 Å². The van der Waals surface area contributed by atoms with Crippen molar-refractivity contribution in [2.45, 2.75) is 44.9 Å². The van der Waals surface area contributed by atoms with E-state index in [4.69, 9.17) is 14.2 Å². The number of benzene rings is 2. The first-order valence-electron chi connectivity index (χ1n) is 11.1. The van der Waals surface area contributed by atoms with Crippen LogP contribution in [0.1, 0.15) is 30.9 Å². The van der Waals surface area contributed by atoms with Gasteiger partial charge in [-0.25, -0.2) is 0 Å². The van der Waals surface area contributed by atoms with Crippen LogP contribution in [0.4, 0.5) is 0 Å². The smallest absolute Gasteiger partial charge is 0.203 e. The zero-order valence-corrected chi connectivity index (χ0v) is 22.6. The van der Waals surface area contributed by atoms with Crippen LogP contribution in [0.25, 0.3) is 0 Å². The molecule has 2 unspecified atom stereocenters. The highest BCUT2D eigenvalue weighted by molar-refractivity contribution is 14.0. The second kappa shape index (κ2) is 13.5. The third kappa shape index (κ3) is 7.14. The number of likely N-dealkylation sites (tertiary alicyclic amines) is 1. The highest BCUT2D eigenvalue weighted by Gasteiger charge is 2.26. The summed E-state index contributed by atoms with van der Waals surface area (Å²) in [4.78, 5) is 6.98. The molecule has 0 aliphatic carbocycles. The monoisotopic (exact) mass is 568 g/mol. The molecular formula is C25H37IN4O3. The Morgan fingerprint density at radius 2 is 1.76 bits per heavy atom. The first-order chi connectivity index (χ1) is 15.6. The van der Waals surface area contributed by atoms with Crippen molar-refractivity contribution in [1.29, 1.82) is 0 Å². The van der Waals surface area contributed by atoms with E-state index in [1.165, 1.54) is 5.56 Å². The van der Waals surface area contributed by atoms with Crippen molar-refractivity contribution < 1.29 is 14.2 Å². The molecule has 3 rings (SSSR count). The fourth-order valence-corrected chi connectivity index (χ4v) is 4.27. The molecule has 2 N–H and O–H groups in total. The standard InChI is InChI=1S/C25H36N4O3.HI/c1-18-15-21(13-14-29(18)17-19-9-7-6-8-10-19)28-25(26-2)27-16-20-11-12-22(30-3)24(32-5)23(20)31-4;/h6-12,18,21H,13-17H2,1-5H3,(H2,26,27,28);1H. The molecule has 0 aromatic heterocycles. The van der Waals surface area contributed by atoms with E-state index < -0.39 is 0 Å². The molecule has 1 aliphatic heterocycles. The summed E-state index contributed by atoms with van der Waals surface area (Å²) in [5, 5.41) is 7.01. The lowest BCUT2D eigenvalue weighted by Gasteiger charge is -2.38. The number of methoxy groups -OCH3 is 3. The van der Waals surface area contributed by atoms with E-state index in [-0.39, 0.29) is 24.0 Å². The lowest BCUT2D eigenvalue weighted by Crippen LogP contribution is -2.51. The molecule has 33 heavy (non-hydrogen) atoms. The Labute approximate surface area is 214 Å². The van der Waals surface area contributed by atoms with Gasteiger partial charge < -0.3 is 24.8 Å². The van der Waals surface area contributed by atoms with Crippen LogP contribution >= 0.6 is 24.0 Å². The molecule has 1 fully saturated rings. The SMILES string of the molecule is CN=C(NCc1ccc(OC)c(OC)c1OC)NC1CCN(Cc2ccccc2)C(C)C1.I. The van der Waals surface area contributed by atoms with Crippen molar-refractivity contribution >= 4 is 29.9 Å². The molecule has 1 aliphatic rings. The molecule has 0 spiro atoms. The Hall–Kier alpha value is -2.20. The van der Waals surface area contributed by atoms with Gasteiger partial charge in [-0.2, -0.15) is 0 Å². The summed E-state index contributed by atoms with van der Waals surface area (Å²) in [6.07, 6.45) is 2.16. The van der Waals surface area contributed by atoms with Crippen molar-refractivity contribution in [3.63, 3.8) is 0 Å². The summed E-state index contributed by atoms with van der Waals surface area (Å²) in [5.74, 6) is 2.69. The molecule has 7 nitrogen and oxygen atoms in total. The van der Waals surface area contributed by atoms with Gasteiger partial charge in [0.1, 0.15) is 0 Å². The average molecular weight is 569 g/mol. The second-order valence-corrected chi connectivity index (χ2v) is 8.09. The van der Waals surface area contributed by atoms with Gasteiger partial charge in [-0.15, -0.1) is 24.0 Å². The Balaban J connectivity index is 0.00000385. The van der Waals surface area contributed by atoms with Gasteiger partial charge in [0.25, 0.3) is 0 Å². The number of hydrogen-bond acceptors (Lipinski definition) is 5. The minimum Gasteiger partial charge on any atom is -0.493 e. The normalized spacial score (nSPS) is 18.8. The third-order valence-corrected chi connectivity index (χ3v) is 6.04. The number of nitrogens with zero attached hydrogens (tertiary/aromatic N) is 2. The number of piperidine rings is 1. The molecule has 0 bridgehead atoms. The maximum atomic E-state index is 5.59. The van der Waals surface area contributed by atoms with Crippen molar-refractivity contribution in [3.05, 3.63) is 53.6 Å². The quantitative estimate of drug-likeness (QED) is 0.285. The van der Waals surface area contributed by atoms with E-state index in [1.807, 2.05) is 12.1 Å². The zero-order valence-electron chi connectivity index (χ0n) is 20.3. The number of guanidine groups is 1. The van der Waals surface area contributed by atoms with Crippen molar-refractivity contribution in [2.24, 2.45) is 4.99 Å². The van der Waals surface area contributed by atoms with Crippen LogP contribution in [0.2, 0.25) is 0 Å². The summed E-state index contributed by atoms with van der Waals surface area (Å²) in [7, 11) is 6.67. The van der Waals surface area contributed by atoms with Crippen LogP contribution in [0.3, 0.4) is 0 Å². The summed E-state index contributed by atoms with van der Waals surface area (Å²) in [6, 6.07) is 15.4. The zero-order chi connectivity index (χ0) is 22.9. The predicted octanol–water partition coefficient (Wildman–Crippen LogP) is 4.05. The van der Waals surface area contributed by atoms with Crippen LogP contribution in [0.15, 0.2) is 47.5 Å². The fraction of sp³-hybridized carbons (Fsp3) is 0.480. The Kier molecular flexibility index (Phi) is 11.1. The van der Waals surface area contributed by atoms with E-state index in [9.17, 15) is 0 Å². The molecule has 2 atom stereocenters. The van der Waals surface area contributed by atoms with E-state index in [2.05, 4.69) is 57.8 Å². The van der Waals surface area contributed by atoms with Crippen LogP contribution in [-0.2, 0) is 13.1 Å². The first-order valence-corrected chi connectivity index (χ1v) is 11.1. The highest BCUT2D eigenvalue weighted by Crippen LogP contribution is 2.39. The summed E-state index contributed by atoms with van der Waals surface area (Å²) >= 11 is 0. The molecular weight excluding hydrogens is 531 g/mol. The Morgan fingerprint density at radius 1 is 1.03 bits per heavy atom. The largest absolute Gasteiger partial charge is 0.493 e. The van der Waals surface area contributed by atoms with Crippen LogP contribution in [-0.4, -0.2) is 57.9 Å². The number of aliphatic imine (C=N–C) groups is 1. The van der Waals surface area contributed by atoms with Gasteiger partial charge in [-0.1, -0.05) is 30.3 Å². The van der Waals surface area contributed by atoms with Gasteiger partial charge in [0.05, 0.1) is 21.3 Å². The summed E-state index contributed by atoms with van der Waals surface area (Å²) < 4.78 is 16.5. The summed E-state index contributed by atoms with van der Waals surface area (Å²) in [5.41, 5.74) is 2.34. The van der Waals surface area contributed by atoms with Gasteiger partial charge in [0, 0.05) is 44.3 Å². The minimum atomic E-state index is 0. The second-order valence-electron chi connectivity index (χ2n) is 8.09. The van der Waals surface area contributed by atoms with Crippen molar-refractivity contribution in [3.8, 4) is 17.2 Å². The molecule has 2 aromatic rings. The topological polar surface area (TPSA) is 67.4 Å². The molecule has 0 radical (unpaired) electrons. The number of hydrogen-bond donors (Lipinski definition) is 2. The van der Waals surface area contributed by atoms with E-state index >= 15 is 0 Å². The minimum absolute atomic E-state index is 0. The predicted molar refractivity (Wildman–Crippen MR) is 144 cm³/mol. The molecule has 1 saturated heterocycles. The Bertz CT molecular complexity index is 895. The van der Waals surface area contributed by atoms with Gasteiger partial charge in [-0.05, 0) is 37.5 Å². The van der Waals surface area contributed by atoms with E-state index in [0.717, 1.165) is 37.5 Å². The highest BCUT2D eigenvalue weighted by atomic mass is 127. The number of ether oxygens (including phenoxy) is 3. The van der Waals surface area contributed by atoms with Crippen LogP contribution in [0, 0.1) is 0 Å². The lowest BCUT2D eigenvalue weighted by atomic mass is 9.97. The number of halogens is 1. The molecule has 182 valence electrons. The number of rotatable bonds is 8. The molecule has 8 heteroatoms. The summed E-state index contributed by atoms with van der Waals surface area (Å²) in [6.45, 7) is 4.93. The Morgan fingerprint density at radius 3 is 2.36 bits per heavy atom. The third-order valence-electron chi connectivity index (χ3n) is 6.04. The lowest BCUT2D eigenvalue weighted by molar-refractivity contribution is 0.134. The molecule has 0 saturated carbocycles. The van der Waals surface area contributed by atoms with Crippen molar-refractivity contribution in [2.75, 3.05) is 34.9 Å². The fourth-order valence-electron chi connectivity index (χ4n) is 4.27. The van der Waals surface area contributed by atoms with Crippen LogP contribution < -0.4 is 24.8 Å². The maximum absolute atomic E-state index is 5.59. The van der Waals surface area contributed by atoms with E-state index in [0.29, 0.717) is 35.9 Å². The van der Waals surface area contributed by atoms with Gasteiger partial charge in [0.2, 0.25) is 5.75 Å².